The highest BCUT2D eigenvalue weighted by atomic mass is 32.2. The number of alkyl halides is 3. The van der Waals surface area contributed by atoms with Gasteiger partial charge in [-0.1, -0.05) is 18.2 Å². The van der Waals surface area contributed by atoms with Crippen LogP contribution in [0.2, 0.25) is 0 Å². The molecule has 0 bridgehead atoms. The summed E-state index contributed by atoms with van der Waals surface area (Å²) in [6.45, 7) is 6.90. The van der Waals surface area contributed by atoms with E-state index in [1.54, 1.807) is 7.05 Å². The molecular weight excluding hydrogens is 417 g/mol. The molecule has 0 fully saturated rings. The molecule has 2 rings (SSSR count). The van der Waals surface area contributed by atoms with Gasteiger partial charge < -0.3 is 4.90 Å². The van der Waals surface area contributed by atoms with Crippen LogP contribution in [-0.2, 0) is 16.2 Å². The summed E-state index contributed by atoms with van der Waals surface area (Å²) < 4.78 is 66.6. The van der Waals surface area contributed by atoms with E-state index in [4.69, 9.17) is 0 Å². The average molecular weight is 440 g/mol. The molecule has 9 heteroatoms. The second-order valence-corrected chi connectivity index (χ2v) is 8.77. The third-order valence-corrected chi connectivity index (χ3v) is 6.31. The van der Waals surface area contributed by atoms with Crippen LogP contribution in [0.3, 0.4) is 0 Å². The molecule has 0 aliphatic carbocycles. The Kier molecular flexibility index (Phi) is 6.97. The Balaban J connectivity index is 2.53. The fraction of sp³-hybridized carbons (Fsp3) is 0.286. The molecule has 5 nitrogen and oxygen atoms in total. The van der Waals surface area contributed by atoms with E-state index >= 15 is 0 Å². The average Bonchev–Trinajstić information content (AvgIpc) is 2.70. The van der Waals surface area contributed by atoms with Crippen LogP contribution in [0, 0.1) is 0 Å². The molecular formula is C21H23F3N2O3S. The first kappa shape index (κ1) is 23.5. The number of rotatable bonds is 7. The molecule has 0 aliphatic rings. The number of halogens is 3. The molecule has 0 spiro atoms. The maximum atomic E-state index is 13.2. The Hall–Kier alpha value is -2.81. The van der Waals surface area contributed by atoms with Gasteiger partial charge in [0.1, 0.15) is 0 Å². The number of sulfonamides is 1. The van der Waals surface area contributed by atoms with Crippen molar-refractivity contribution in [2.75, 3.05) is 17.9 Å². The van der Waals surface area contributed by atoms with Crippen LogP contribution in [0.4, 0.5) is 18.9 Å². The molecule has 162 valence electrons. The quantitative estimate of drug-likeness (QED) is 0.593. The number of anilines is 1. The summed E-state index contributed by atoms with van der Waals surface area (Å²) in [6.07, 6.45) is -3.34. The molecule has 0 atom stereocenters. The van der Waals surface area contributed by atoms with E-state index in [0.717, 1.165) is 22.5 Å². The van der Waals surface area contributed by atoms with E-state index in [9.17, 15) is 26.4 Å². The van der Waals surface area contributed by atoms with Crippen LogP contribution in [0.15, 0.2) is 66.1 Å². The van der Waals surface area contributed by atoms with Gasteiger partial charge in [0.15, 0.2) is 0 Å². The van der Waals surface area contributed by atoms with Crippen molar-refractivity contribution >= 4 is 21.6 Å². The molecule has 0 aliphatic heterocycles. The Labute approximate surface area is 174 Å². The molecule has 30 heavy (non-hydrogen) atoms. The molecule has 0 unspecified atom stereocenters. The van der Waals surface area contributed by atoms with Crippen molar-refractivity contribution in [3.63, 3.8) is 0 Å². The maximum Gasteiger partial charge on any atom is 0.416 e. The highest BCUT2D eigenvalue weighted by Crippen LogP contribution is 2.33. The number of carbonyl (C=O) groups excluding carboxylic acids is 1. The lowest BCUT2D eigenvalue weighted by Crippen LogP contribution is -2.34. The van der Waals surface area contributed by atoms with Gasteiger partial charge in [0.25, 0.3) is 15.9 Å². The van der Waals surface area contributed by atoms with Gasteiger partial charge in [0.2, 0.25) is 0 Å². The standard InChI is InChI=1S/C21H23F3N2O3S/c1-5-12-26(18-10-7-9-17(14-18)21(22,23)24)30(28,29)19-11-6-8-16(13-19)20(27)25(4)15(2)3/h5-11,13-15H,1,12H2,2-4H3. The Morgan fingerprint density at radius 2 is 1.77 bits per heavy atom. The zero-order chi connectivity index (χ0) is 22.7. The smallest absolute Gasteiger partial charge is 0.339 e. The highest BCUT2D eigenvalue weighted by molar-refractivity contribution is 7.92. The first-order valence-electron chi connectivity index (χ1n) is 9.07. The van der Waals surface area contributed by atoms with Crippen molar-refractivity contribution in [1.82, 2.24) is 4.90 Å². The lowest BCUT2D eigenvalue weighted by atomic mass is 10.2. The third kappa shape index (κ3) is 5.02. The molecule has 0 radical (unpaired) electrons. The summed E-state index contributed by atoms with van der Waals surface area (Å²) in [5.41, 5.74) is -0.956. The van der Waals surface area contributed by atoms with E-state index < -0.39 is 21.8 Å². The zero-order valence-electron chi connectivity index (χ0n) is 16.8. The van der Waals surface area contributed by atoms with Gasteiger partial charge in [-0.2, -0.15) is 13.2 Å². The van der Waals surface area contributed by atoms with Gasteiger partial charge >= 0.3 is 6.18 Å². The fourth-order valence-electron chi connectivity index (χ4n) is 2.65. The minimum atomic E-state index is -4.62. The van der Waals surface area contributed by atoms with E-state index in [1.807, 2.05) is 13.8 Å². The van der Waals surface area contributed by atoms with Crippen molar-refractivity contribution in [2.45, 2.75) is 31.0 Å². The van der Waals surface area contributed by atoms with Crippen LogP contribution in [0.1, 0.15) is 29.8 Å². The predicted octanol–water partition coefficient (Wildman–Crippen LogP) is 4.57. The van der Waals surface area contributed by atoms with Crippen LogP contribution in [-0.4, -0.2) is 38.9 Å². The fourth-order valence-corrected chi connectivity index (χ4v) is 4.13. The number of benzene rings is 2. The Morgan fingerprint density at radius 1 is 1.13 bits per heavy atom. The Bertz CT molecular complexity index is 1030. The number of hydrogen-bond acceptors (Lipinski definition) is 3. The van der Waals surface area contributed by atoms with E-state index in [1.165, 1.54) is 41.3 Å². The van der Waals surface area contributed by atoms with Crippen LogP contribution in [0.5, 0.6) is 0 Å². The van der Waals surface area contributed by atoms with Crippen LogP contribution >= 0.6 is 0 Å². The maximum absolute atomic E-state index is 13.2. The summed E-state index contributed by atoms with van der Waals surface area (Å²) in [5.74, 6) is -0.364. The molecule has 0 heterocycles. The number of carbonyl (C=O) groups is 1. The Morgan fingerprint density at radius 3 is 2.33 bits per heavy atom. The van der Waals surface area contributed by atoms with Crippen LogP contribution in [0.25, 0.3) is 0 Å². The highest BCUT2D eigenvalue weighted by Gasteiger charge is 2.32. The molecule has 0 N–H and O–H groups in total. The van der Waals surface area contributed by atoms with Crippen molar-refractivity contribution < 1.29 is 26.4 Å². The molecule has 0 aromatic heterocycles. The van der Waals surface area contributed by atoms with Crippen LogP contribution < -0.4 is 4.31 Å². The molecule has 2 aromatic carbocycles. The van der Waals surface area contributed by atoms with Crippen molar-refractivity contribution in [3.8, 4) is 0 Å². The summed E-state index contributed by atoms with van der Waals surface area (Å²) in [6, 6.07) is 9.38. The molecule has 0 saturated heterocycles. The van der Waals surface area contributed by atoms with Gasteiger partial charge in [-0.15, -0.1) is 6.58 Å². The topological polar surface area (TPSA) is 57.7 Å². The SMILES string of the molecule is C=CCN(c1cccc(C(F)(F)F)c1)S(=O)(=O)c1cccc(C(=O)N(C)C(C)C)c1. The summed E-state index contributed by atoms with van der Waals surface area (Å²) in [4.78, 5) is 13.8. The first-order valence-corrected chi connectivity index (χ1v) is 10.5. The minimum Gasteiger partial charge on any atom is -0.339 e. The monoisotopic (exact) mass is 440 g/mol. The molecule has 0 saturated carbocycles. The van der Waals surface area contributed by atoms with Gasteiger partial charge in [-0.05, 0) is 50.2 Å². The van der Waals surface area contributed by atoms with Gasteiger partial charge in [-0.25, -0.2) is 8.42 Å². The molecule has 2 aromatic rings. The van der Waals surface area contributed by atoms with Crippen molar-refractivity contribution in [1.29, 1.82) is 0 Å². The normalized spacial score (nSPS) is 12.0. The lowest BCUT2D eigenvalue weighted by molar-refractivity contribution is -0.137. The zero-order valence-corrected chi connectivity index (χ0v) is 17.7. The van der Waals surface area contributed by atoms with Gasteiger partial charge in [0, 0.05) is 18.7 Å². The van der Waals surface area contributed by atoms with E-state index in [2.05, 4.69) is 6.58 Å². The van der Waals surface area contributed by atoms with E-state index in [-0.39, 0.29) is 34.6 Å². The summed E-state index contributed by atoms with van der Waals surface area (Å²) >= 11 is 0. The predicted molar refractivity (Wildman–Crippen MR) is 110 cm³/mol. The summed E-state index contributed by atoms with van der Waals surface area (Å²) in [5, 5.41) is 0. The van der Waals surface area contributed by atoms with Gasteiger partial charge in [-0.3, -0.25) is 9.10 Å². The number of hydrogen-bond donors (Lipinski definition) is 0. The number of nitrogens with zero attached hydrogens (tertiary/aromatic N) is 2. The summed E-state index contributed by atoms with van der Waals surface area (Å²) in [7, 11) is -2.66. The second kappa shape index (κ2) is 8.91. The van der Waals surface area contributed by atoms with Crippen molar-refractivity contribution in [2.24, 2.45) is 0 Å². The largest absolute Gasteiger partial charge is 0.416 e. The lowest BCUT2D eigenvalue weighted by Gasteiger charge is -2.25. The first-order chi connectivity index (χ1) is 13.9. The van der Waals surface area contributed by atoms with Crippen molar-refractivity contribution in [3.05, 3.63) is 72.3 Å². The number of amides is 1. The minimum absolute atomic E-state index is 0.0971. The van der Waals surface area contributed by atoms with Gasteiger partial charge in [0.05, 0.1) is 22.7 Å². The molecule has 1 amide bonds. The second-order valence-electron chi connectivity index (χ2n) is 6.91. The van der Waals surface area contributed by atoms with E-state index in [0.29, 0.717) is 0 Å². The third-order valence-electron chi connectivity index (χ3n) is 4.52.